The minimum Gasteiger partial charge on any atom is -0.456 e. The molecule has 0 saturated carbocycles. The molecule has 4 aromatic rings. The summed E-state index contributed by atoms with van der Waals surface area (Å²) in [5.41, 5.74) is 8.40. The van der Waals surface area contributed by atoms with Gasteiger partial charge in [-0.1, -0.05) is 54.6 Å². The topological polar surface area (TPSA) is 38.9 Å². The lowest BCUT2D eigenvalue weighted by Gasteiger charge is -2.12. The van der Waals surface area contributed by atoms with Gasteiger partial charge in [-0.15, -0.1) is 0 Å². The smallest absolute Gasteiger partial charge is 0.223 e. The molecule has 0 amide bonds. The molecule has 2 aliphatic carbocycles. The standard InChI is InChI=1S/C28H21ClN2O/c29-28-30-23(20-11-6-10-19(16-20)18-8-2-1-3-9-18)17-24(31-28)21-13-7-15-26-27(21)22-12-4-5-14-25(22)32-26/h1-2,5-8,10-11,13-17H,3-4,9,12H2. The first-order valence-corrected chi connectivity index (χ1v) is 11.4. The summed E-state index contributed by atoms with van der Waals surface area (Å²) in [6.45, 7) is 0. The van der Waals surface area contributed by atoms with Crippen LogP contribution in [-0.4, -0.2) is 9.97 Å². The highest BCUT2D eigenvalue weighted by Gasteiger charge is 2.19. The van der Waals surface area contributed by atoms with Crippen molar-refractivity contribution in [2.24, 2.45) is 0 Å². The number of furan rings is 1. The summed E-state index contributed by atoms with van der Waals surface area (Å²) in [6, 6.07) is 16.7. The molecule has 0 saturated heterocycles. The summed E-state index contributed by atoms with van der Waals surface area (Å²) in [5, 5.41) is 1.37. The maximum Gasteiger partial charge on any atom is 0.223 e. The molecule has 0 atom stereocenters. The van der Waals surface area contributed by atoms with Crippen molar-refractivity contribution in [1.82, 2.24) is 9.97 Å². The number of hydrogen-bond acceptors (Lipinski definition) is 3. The number of nitrogens with zero attached hydrogens (tertiary/aromatic N) is 2. The van der Waals surface area contributed by atoms with Crippen molar-refractivity contribution < 1.29 is 4.42 Å². The van der Waals surface area contributed by atoms with Gasteiger partial charge >= 0.3 is 0 Å². The van der Waals surface area contributed by atoms with Gasteiger partial charge in [0, 0.05) is 22.1 Å². The first-order valence-electron chi connectivity index (χ1n) is 11.0. The Morgan fingerprint density at radius 1 is 0.844 bits per heavy atom. The zero-order chi connectivity index (χ0) is 21.5. The highest BCUT2D eigenvalue weighted by molar-refractivity contribution is 6.28. The fraction of sp³-hybridized carbons (Fsp3) is 0.143. The van der Waals surface area contributed by atoms with Crippen LogP contribution in [0.1, 0.15) is 36.1 Å². The second-order valence-corrected chi connectivity index (χ2v) is 8.55. The molecule has 0 unspecified atom stereocenters. The molecular formula is C28H21ClN2O. The molecule has 0 fully saturated rings. The normalized spacial score (nSPS) is 15.1. The molecule has 156 valence electrons. The van der Waals surface area contributed by atoms with Crippen molar-refractivity contribution in [3.05, 3.63) is 95.0 Å². The predicted octanol–water partition coefficient (Wildman–Crippen LogP) is 7.90. The highest BCUT2D eigenvalue weighted by Crippen LogP contribution is 2.38. The third-order valence-corrected chi connectivity index (χ3v) is 6.36. The predicted molar refractivity (Wildman–Crippen MR) is 131 cm³/mol. The number of benzene rings is 2. The molecule has 6 rings (SSSR count). The average molecular weight is 437 g/mol. The van der Waals surface area contributed by atoms with E-state index in [9.17, 15) is 0 Å². The third kappa shape index (κ3) is 3.39. The lowest BCUT2D eigenvalue weighted by molar-refractivity contribution is 0.595. The minimum absolute atomic E-state index is 0.247. The zero-order valence-electron chi connectivity index (χ0n) is 17.5. The molecular weight excluding hydrogens is 416 g/mol. The van der Waals surface area contributed by atoms with Gasteiger partial charge in [-0.3, -0.25) is 0 Å². The summed E-state index contributed by atoms with van der Waals surface area (Å²) >= 11 is 6.43. The van der Waals surface area contributed by atoms with Crippen molar-refractivity contribution in [2.75, 3.05) is 0 Å². The Bertz CT molecular complexity index is 1440. The molecule has 32 heavy (non-hydrogen) atoms. The number of aryl methyl sites for hydroxylation is 1. The van der Waals surface area contributed by atoms with E-state index in [0.29, 0.717) is 0 Å². The van der Waals surface area contributed by atoms with Crippen LogP contribution >= 0.6 is 11.6 Å². The largest absolute Gasteiger partial charge is 0.456 e. The van der Waals surface area contributed by atoms with Crippen molar-refractivity contribution >= 4 is 34.2 Å². The van der Waals surface area contributed by atoms with Gasteiger partial charge in [0.15, 0.2) is 0 Å². The molecule has 0 aliphatic heterocycles. The maximum atomic E-state index is 6.43. The Balaban J connectivity index is 1.49. The second-order valence-electron chi connectivity index (χ2n) is 8.21. The number of halogens is 1. The fourth-order valence-corrected chi connectivity index (χ4v) is 4.85. The van der Waals surface area contributed by atoms with E-state index in [1.807, 2.05) is 18.2 Å². The lowest BCUT2D eigenvalue weighted by atomic mass is 9.94. The molecule has 0 spiro atoms. The summed E-state index contributed by atoms with van der Waals surface area (Å²) in [7, 11) is 0. The molecule has 2 aliphatic rings. The summed E-state index contributed by atoms with van der Waals surface area (Å²) in [6.07, 6.45) is 14.9. The van der Waals surface area contributed by atoms with E-state index in [4.69, 9.17) is 16.0 Å². The zero-order valence-corrected chi connectivity index (χ0v) is 18.3. The molecule has 2 aromatic heterocycles. The molecule has 3 nitrogen and oxygen atoms in total. The van der Waals surface area contributed by atoms with Crippen LogP contribution in [0.5, 0.6) is 0 Å². The van der Waals surface area contributed by atoms with E-state index in [1.165, 1.54) is 16.7 Å². The lowest BCUT2D eigenvalue weighted by Crippen LogP contribution is -1.95. The number of fused-ring (bicyclic) bond motifs is 3. The van der Waals surface area contributed by atoms with Crippen LogP contribution < -0.4 is 0 Å². The van der Waals surface area contributed by atoms with Crippen LogP contribution in [-0.2, 0) is 6.42 Å². The molecule has 4 heteroatoms. The third-order valence-electron chi connectivity index (χ3n) is 6.19. The summed E-state index contributed by atoms with van der Waals surface area (Å²) in [5.74, 6) is 0.946. The summed E-state index contributed by atoms with van der Waals surface area (Å²) in [4.78, 5) is 9.15. The molecule has 2 aromatic carbocycles. The Hall–Kier alpha value is -3.43. The Kier molecular flexibility index (Phi) is 4.77. The Morgan fingerprint density at radius 3 is 2.59 bits per heavy atom. The van der Waals surface area contributed by atoms with E-state index in [2.05, 4.69) is 70.7 Å². The van der Waals surface area contributed by atoms with Crippen molar-refractivity contribution in [1.29, 1.82) is 0 Å². The Labute approximate surface area is 191 Å². The highest BCUT2D eigenvalue weighted by atomic mass is 35.5. The van der Waals surface area contributed by atoms with Gasteiger partial charge < -0.3 is 4.42 Å². The van der Waals surface area contributed by atoms with Crippen LogP contribution in [0, 0.1) is 0 Å². The molecule has 0 bridgehead atoms. The van der Waals surface area contributed by atoms with Gasteiger partial charge in [0.1, 0.15) is 11.3 Å². The number of hydrogen-bond donors (Lipinski definition) is 0. The van der Waals surface area contributed by atoms with E-state index < -0.39 is 0 Å². The van der Waals surface area contributed by atoms with Crippen molar-refractivity contribution in [3.8, 4) is 22.5 Å². The first-order chi connectivity index (χ1) is 15.8. The van der Waals surface area contributed by atoms with Crippen LogP contribution in [0.15, 0.2) is 77.3 Å². The SMILES string of the molecule is Clc1nc(-c2cccc(C3=CC=CCC3)c2)cc(-c2cccc3oc4c(c23)CCC=C4)n1. The molecule has 2 heterocycles. The van der Waals surface area contributed by atoms with Gasteiger partial charge in [-0.05, 0) is 72.7 Å². The van der Waals surface area contributed by atoms with Crippen molar-refractivity contribution in [3.63, 3.8) is 0 Å². The van der Waals surface area contributed by atoms with Gasteiger partial charge in [0.05, 0.1) is 11.4 Å². The quantitative estimate of drug-likeness (QED) is 0.306. The van der Waals surface area contributed by atoms with Crippen LogP contribution in [0.3, 0.4) is 0 Å². The van der Waals surface area contributed by atoms with E-state index in [1.54, 1.807) is 0 Å². The Morgan fingerprint density at radius 2 is 1.69 bits per heavy atom. The van der Waals surface area contributed by atoms with Crippen LogP contribution in [0.4, 0.5) is 0 Å². The van der Waals surface area contributed by atoms with Crippen molar-refractivity contribution in [2.45, 2.75) is 25.7 Å². The van der Waals surface area contributed by atoms with Gasteiger partial charge in [-0.25, -0.2) is 9.97 Å². The summed E-state index contributed by atoms with van der Waals surface area (Å²) < 4.78 is 6.11. The van der Waals surface area contributed by atoms with Gasteiger partial charge in [-0.2, -0.15) is 0 Å². The fourth-order valence-electron chi connectivity index (χ4n) is 4.67. The first kappa shape index (κ1) is 19.3. The molecule has 0 N–H and O–H groups in total. The van der Waals surface area contributed by atoms with E-state index >= 15 is 0 Å². The van der Waals surface area contributed by atoms with Gasteiger partial charge in [0.25, 0.3) is 0 Å². The van der Waals surface area contributed by atoms with Gasteiger partial charge in [0.2, 0.25) is 5.28 Å². The number of aromatic nitrogens is 2. The van der Waals surface area contributed by atoms with Crippen LogP contribution in [0.25, 0.3) is 45.1 Å². The monoisotopic (exact) mass is 436 g/mol. The number of rotatable bonds is 3. The minimum atomic E-state index is 0.247. The van der Waals surface area contributed by atoms with E-state index in [0.717, 1.165) is 64.9 Å². The maximum absolute atomic E-state index is 6.43. The number of allylic oxidation sites excluding steroid dienone is 5. The second kappa shape index (κ2) is 7.92. The average Bonchev–Trinajstić information content (AvgIpc) is 3.23. The van der Waals surface area contributed by atoms with E-state index in [-0.39, 0.29) is 5.28 Å². The molecule has 0 radical (unpaired) electrons. The van der Waals surface area contributed by atoms with Crippen LogP contribution in [0.2, 0.25) is 5.28 Å².